The van der Waals surface area contributed by atoms with E-state index >= 15 is 0 Å². The molecule has 32 heavy (non-hydrogen) atoms. The number of fused-ring (bicyclic) bond motifs is 2. The van der Waals surface area contributed by atoms with Gasteiger partial charge in [-0.3, -0.25) is 4.79 Å². The molecule has 2 N–H and O–H groups in total. The molecule has 0 aliphatic rings. The Kier molecular flexibility index (Phi) is 5.32. The molecule has 3 aromatic carbocycles. The summed E-state index contributed by atoms with van der Waals surface area (Å²) >= 11 is 6.88. The number of aromatic amines is 1. The molecule has 0 saturated carbocycles. The second-order valence-corrected chi connectivity index (χ2v) is 8.85. The highest BCUT2D eigenvalue weighted by Crippen LogP contribution is 2.40. The molecule has 6 nitrogen and oxygen atoms in total. The van der Waals surface area contributed by atoms with Gasteiger partial charge in [-0.25, -0.2) is 4.98 Å². The van der Waals surface area contributed by atoms with Crippen molar-refractivity contribution in [2.75, 3.05) is 0 Å². The van der Waals surface area contributed by atoms with Crippen LogP contribution in [0.1, 0.15) is 10.4 Å². The van der Waals surface area contributed by atoms with E-state index in [1.54, 1.807) is 12.1 Å². The Bertz CT molecular complexity index is 1530. The number of aromatic nitrogens is 2. The molecule has 0 atom stereocenters. The first kappa shape index (κ1) is 20.5. The fourth-order valence-corrected chi connectivity index (χ4v) is 4.88. The van der Waals surface area contributed by atoms with Crippen molar-refractivity contribution in [3.05, 3.63) is 87.3 Å². The van der Waals surface area contributed by atoms with Crippen LogP contribution in [-0.4, -0.2) is 21.0 Å². The lowest BCUT2D eigenvalue weighted by molar-refractivity contribution is 0.0996. The number of hydrogen-bond acceptors (Lipinski definition) is 4. The fraction of sp³-hybridized carbons (Fsp3) is 0. The van der Waals surface area contributed by atoms with Crippen molar-refractivity contribution >= 4 is 65.3 Å². The third-order valence-corrected chi connectivity index (χ3v) is 6.12. The van der Waals surface area contributed by atoms with Crippen molar-refractivity contribution in [3.8, 4) is 17.1 Å². The van der Waals surface area contributed by atoms with Crippen LogP contribution in [0.3, 0.4) is 0 Å². The number of azo groups is 1. The van der Waals surface area contributed by atoms with Crippen molar-refractivity contribution in [2.45, 2.75) is 0 Å². The summed E-state index contributed by atoms with van der Waals surface area (Å²) < 4.78 is 1.55. The van der Waals surface area contributed by atoms with Gasteiger partial charge in [0.2, 0.25) is 5.88 Å². The van der Waals surface area contributed by atoms with Crippen molar-refractivity contribution in [2.24, 2.45) is 10.2 Å². The van der Waals surface area contributed by atoms with Crippen LogP contribution in [0.5, 0.6) is 5.88 Å². The van der Waals surface area contributed by atoms with Crippen LogP contribution in [0, 0.1) is 0 Å². The highest BCUT2D eigenvalue weighted by molar-refractivity contribution is 9.11. The SMILES string of the molecule is O=C(N=Nc1c(O)[nH]c2c(Br)cc(Br)cc12)c1cc(-c2ccccc2)nc2ccccc12. The quantitative estimate of drug-likeness (QED) is 0.228. The Morgan fingerprint density at radius 2 is 1.69 bits per heavy atom. The number of amides is 1. The summed E-state index contributed by atoms with van der Waals surface area (Å²) in [4.78, 5) is 20.7. The van der Waals surface area contributed by atoms with Crippen LogP contribution >= 0.6 is 31.9 Å². The maximum Gasteiger partial charge on any atom is 0.296 e. The smallest absolute Gasteiger partial charge is 0.296 e. The van der Waals surface area contributed by atoms with Gasteiger partial charge in [-0.05, 0) is 40.2 Å². The molecule has 156 valence electrons. The maximum absolute atomic E-state index is 13.1. The van der Waals surface area contributed by atoms with Crippen LogP contribution in [0.4, 0.5) is 5.69 Å². The minimum absolute atomic E-state index is 0.167. The zero-order valence-electron chi connectivity index (χ0n) is 16.4. The minimum Gasteiger partial charge on any atom is -0.493 e. The number of benzene rings is 3. The maximum atomic E-state index is 13.1. The summed E-state index contributed by atoms with van der Waals surface area (Å²) in [6.07, 6.45) is 0. The van der Waals surface area contributed by atoms with Gasteiger partial charge in [-0.1, -0.05) is 64.5 Å². The second kappa shape index (κ2) is 8.29. The predicted octanol–water partition coefficient (Wildman–Crippen LogP) is 7.54. The van der Waals surface area contributed by atoms with Gasteiger partial charge in [-0.2, -0.15) is 0 Å². The molecule has 0 bridgehead atoms. The van der Waals surface area contributed by atoms with Gasteiger partial charge < -0.3 is 10.1 Å². The summed E-state index contributed by atoms with van der Waals surface area (Å²) in [5.41, 5.74) is 3.50. The molecule has 2 heterocycles. The summed E-state index contributed by atoms with van der Waals surface area (Å²) in [5, 5.41) is 19.7. The first-order valence-electron chi connectivity index (χ1n) is 9.62. The molecule has 5 aromatic rings. The van der Waals surface area contributed by atoms with Crippen molar-refractivity contribution in [1.29, 1.82) is 0 Å². The number of halogens is 2. The number of hydrogen-bond donors (Lipinski definition) is 2. The number of carbonyl (C=O) groups excluding carboxylic acids is 1. The molecule has 5 rings (SSSR count). The highest BCUT2D eigenvalue weighted by Gasteiger charge is 2.17. The molecule has 0 spiro atoms. The van der Waals surface area contributed by atoms with Crippen LogP contribution in [-0.2, 0) is 0 Å². The summed E-state index contributed by atoms with van der Waals surface area (Å²) in [7, 11) is 0. The van der Waals surface area contributed by atoms with Crippen molar-refractivity contribution < 1.29 is 9.90 Å². The number of para-hydroxylation sites is 1. The average molecular weight is 550 g/mol. The van der Waals surface area contributed by atoms with Crippen LogP contribution in [0.2, 0.25) is 0 Å². The molecule has 2 aromatic heterocycles. The van der Waals surface area contributed by atoms with E-state index in [0.717, 1.165) is 14.5 Å². The summed E-state index contributed by atoms with van der Waals surface area (Å²) in [6, 6.07) is 22.4. The van der Waals surface area contributed by atoms with E-state index in [4.69, 9.17) is 4.98 Å². The van der Waals surface area contributed by atoms with Gasteiger partial charge in [-0.15, -0.1) is 10.2 Å². The van der Waals surface area contributed by atoms with E-state index in [-0.39, 0.29) is 11.6 Å². The first-order valence-corrected chi connectivity index (χ1v) is 11.2. The predicted molar refractivity (Wildman–Crippen MR) is 131 cm³/mol. The molecule has 0 aliphatic carbocycles. The Hall–Kier alpha value is -3.36. The number of nitrogens with zero attached hydrogens (tertiary/aromatic N) is 3. The molecule has 0 saturated heterocycles. The monoisotopic (exact) mass is 548 g/mol. The number of rotatable bonds is 3. The lowest BCUT2D eigenvalue weighted by atomic mass is 10.0. The normalized spacial score (nSPS) is 11.6. The standard InChI is InChI=1S/C24H14Br2N4O2/c25-14-10-17-21(18(26)11-14)28-24(32)22(17)29-30-23(31)16-12-20(13-6-2-1-3-7-13)27-19-9-5-4-8-15(16)19/h1-12,28,32H. The molecular formula is C24H14Br2N4O2. The average Bonchev–Trinajstić information content (AvgIpc) is 3.12. The molecule has 8 heteroatoms. The van der Waals surface area contributed by atoms with Crippen LogP contribution in [0.15, 0.2) is 92.0 Å². The Morgan fingerprint density at radius 1 is 0.938 bits per heavy atom. The van der Waals surface area contributed by atoms with Gasteiger partial charge in [0, 0.05) is 25.3 Å². The van der Waals surface area contributed by atoms with Crippen molar-refractivity contribution in [3.63, 3.8) is 0 Å². The number of pyridine rings is 1. The number of carbonyl (C=O) groups is 1. The molecule has 1 amide bonds. The summed E-state index contributed by atoms with van der Waals surface area (Å²) in [6.45, 7) is 0. The topological polar surface area (TPSA) is 90.7 Å². The second-order valence-electron chi connectivity index (χ2n) is 7.08. The van der Waals surface area contributed by atoms with Gasteiger partial charge >= 0.3 is 0 Å². The number of H-pyrrole nitrogens is 1. The molecule has 0 unspecified atom stereocenters. The number of aromatic hydroxyl groups is 1. The first-order chi connectivity index (χ1) is 15.5. The Balaban J connectivity index is 1.61. The molecule has 0 radical (unpaired) electrons. The van der Waals surface area contributed by atoms with E-state index in [2.05, 4.69) is 47.1 Å². The lowest BCUT2D eigenvalue weighted by Gasteiger charge is -2.07. The third kappa shape index (κ3) is 3.72. The zero-order valence-corrected chi connectivity index (χ0v) is 19.6. The van der Waals surface area contributed by atoms with Crippen LogP contribution in [0.25, 0.3) is 33.1 Å². The highest BCUT2D eigenvalue weighted by atomic mass is 79.9. The van der Waals surface area contributed by atoms with Gasteiger partial charge in [0.15, 0.2) is 5.69 Å². The summed E-state index contributed by atoms with van der Waals surface area (Å²) in [5.74, 6) is -0.691. The fourth-order valence-electron chi connectivity index (χ4n) is 3.55. The molecule has 0 fully saturated rings. The van der Waals surface area contributed by atoms with E-state index in [9.17, 15) is 9.90 Å². The van der Waals surface area contributed by atoms with Gasteiger partial charge in [0.05, 0.1) is 22.3 Å². The molecule has 0 aliphatic heterocycles. The Morgan fingerprint density at radius 3 is 2.50 bits per heavy atom. The molecular weight excluding hydrogens is 536 g/mol. The largest absolute Gasteiger partial charge is 0.493 e. The lowest BCUT2D eigenvalue weighted by Crippen LogP contribution is -1.98. The van der Waals surface area contributed by atoms with Gasteiger partial charge in [0.1, 0.15) is 0 Å². The van der Waals surface area contributed by atoms with E-state index < -0.39 is 5.91 Å². The number of nitrogens with one attached hydrogen (secondary N) is 1. The Labute approximate surface area is 199 Å². The van der Waals surface area contributed by atoms with Crippen molar-refractivity contribution in [1.82, 2.24) is 9.97 Å². The van der Waals surface area contributed by atoms with Crippen LogP contribution < -0.4 is 0 Å². The third-order valence-electron chi connectivity index (χ3n) is 5.03. The van der Waals surface area contributed by atoms with E-state index in [1.807, 2.05) is 60.7 Å². The van der Waals surface area contributed by atoms with E-state index in [0.29, 0.717) is 33.1 Å². The van der Waals surface area contributed by atoms with Gasteiger partial charge in [0.25, 0.3) is 5.91 Å². The zero-order chi connectivity index (χ0) is 22.2. The van der Waals surface area contributed by atoms with E-state index in [1.165, 1.54) is 0 Å². The minimum atomic E-state index is -0.524.